The normalized spacial score (nSPS) is 18.3. The van der Waals surface area contributed by atoms with Crippen LogP contribution < -0.4 is 0 Å². The van der Waals surface area contributed by atoms with Crippen LogP contribution in [0.3, 0.4) is 0 Å². The average Bonchev–Trinajstić information content (AvgIpc) is 3.05. The van der Waals surface area contributed by atoms with Gasteiger partial charge in [-0.3, -0.25) is 4.90 Å². The Balaban J connectivity index is 0.000000277. The molecule has 1 saturated heterocycles. The van der Waals surface area contributed by atoms with E-state index in [9.17, 15) is 13.2 Å². The molecule has 0 bridgehead atoms. The topological polar surface area (TPSA) is 62.7 Å². The maximum Gasteiger partial charge on any atom is 0.490 e. The summed E-state index contributed by atoms with van der Waals surface area (Å²) in [6, 6.07) is 10.6. The van der Waals surface area contributed by atoms with Crippen molar-refractivity contribution < 1.29 is 27.8 Å². The molecule has 0 amide bonds. The standard InChI is InChI=1S/C14H16N2OS.C2HF3O2/c1-16-7-8-17-9-13(16)12-10-18-14(15-12)11-5-3-2-4-6-11;3-2(4,5)1(6)7/h2-6,10,13H,7-9H2,1H3;(H,6,7). The van der Waals surface area contributed by atoms with Gasteiger partial charge in [-0.15, -0.1) is 11.3 Å². The Labute approximate surface area is 146 Å². The minimum absolute atomic E-state index is 0.299. The highest BCUT2D eigenvalue weighted by Gasteiger charge is 2.38. The molecule has 0 spiro atoms. The minimum atomic E-state index is -5.08. The summed E-state index contributed by atoms with van der Waals surface area (Å²) < 4.78 is 37.3. The number of hydrogen-bond donors (Lipinski definition) is 1. The Morgan fingerprint density at radius 3 is 2.56 bits per heavy atom. The Morgan fingerprint density at radius 2 is 2.00 bits per heavy atom. The lowest BCUT2D eigenvalue weighted by atomic mass is 10.2. The fraction of sp³-hybridized carbons (Fsp3) is 0.375. The number of rotatable bonds is 2. The van der Waals surface area contributed by atoms with Crippen LogP contribution in [-0.2, 0) is 9.53 Å². The molecule has 1 unspecified atom stereocenters. The molecule has 2 aromatic rings. The molecule has 1 atom stereocenters. The van der Waals surface area contributed by atoms with E-state index >= 15 is 0 Å². The number of alkyl halides is 3. The van der Waals surface area contributed by atoms with Gasteiger partial charge >= 0.3 is 12.1 Å². The molecule has 1 aromatic heterocycles. The van der Waals surface area contributed by atoms with Gasteiger partial charge in [0.05, 0.1) is 24.9 Å². The summed E-state index contributed by atoms with van der Waals surface area (Å²) in [7, 11) is 2.13. The largest absolute Gasteiger partial charge is 0.490 e. The van der Waals surface area contributed by atoms with Gasteiger partial charge in [0.25, 0.3) is 0 Å². The van der Waals surface area contributed by atoms with Crippen LogP contribution in [0.5, 0.6) is 0 Å². The van der Waals surface area contributed by atoms with Crippen LogP contribution in [0.2, 0.25) is 0 Å². The fourth-order valence-corrected chi connectivity index (χ4v) is 3.02. The number of morpholine rings is 1. The summed E-state index contributed by atoms with van der Waals surface area (Å²) >= 11 is 1.70. The summed E-state index contributed by atoms with van der Waals surface area (Å²) in [4.78, 5) is 16.0. The number of halogens is 3. The molecule has 1 N–H and O–H groups in total. The third-order valence-corrected chi connectivity index (χ3v) is 4.43. The lowest BCUT2D eigenvalue weighted by Gasteiger charge is -2.31. The minimum Gasteiger partial charge on any atom is -0.475 e. The van der Waals surface area contributed by atoms with Gasteiger partial charge in [0.15, 0.2) is 0 Å². The van der Waals surface area contributed by atoms with E-state index in [0.29, 0.717) is 6.04 Å². The quantitative estimate of drug-likeness (QED) is 0.872. The maximum absolute atomic E-state index is 10.6. The number of ether oxygens (including phenoxy) is 1. The van der Waals surface area contributed by atoms with Crippen molar-refractivity contribution in [1.29, 1.82) is 0 Å². The number of carboxylic acids is 1. The van der Waals surface area contributed by atoms with Crippen molar-refractivity contribution >= 4 is 17.3 Å². The van der Waals surface area contributed by atoms with E-state index in [-0.39, 0.29) is 0 Å². The summed E-state index contributed by atoms with van der Waals surface area (Å²) in [5, 5.41) is 10.4. The van der Waals surface area contributed by atoms with Crippen molar-refractivity contribution in [2.24, 2.45) is 0 Å². The van der Waals surface area contributed by atoms with Gasteiger partial charge in [0.2, 0.25) is 0 Å². The van der Waals surface area contributed by atoms with Crippen molar-refractivity contribution in [3.05, 3.63) is 41.4 Å². The Morgan fingerprint density at radius 1 is 1.36 bits per heavy atom. The van der Waals surface area contributed by atoms with Crippen molar-refractivity contribution in [3.8, 4) is 10.6 Å². The van der Waals surface area contributed by atoms with E-state index in [2.05, 4.69) is 29.5 Å². The molecule has 3 rings (SSSR count). The van der Waals surface area contributed by atoms with Crippen LogP contribution in [0.1, 0.15) is 11.7 Å². The molecule has 5 nitrogen and oxygen atoms in total. The summed E-state index contributed by atoms with van der Waals surface area (Å²) in [6.45, 7) is 2.54. The first kappa shape index (κ1) is 19.4. The molecule has 1 aromatic carbocycles. The summed E-state index contributed by atoms with van der Waals surface area (Å²) in [6.07, 6.45) is -5.08. The summed E-state index contributed by atoms with van der Waals surface area (Å²) in [5.41, 5.74) is 2.31. The lowest BCUT2D eigenvalue weighted by Crippen LogP contribution is -2.36. The SMILES string of the molecule is CN1CCOCC1c1csc(-c2ccccc2)n1.O=C(O)C(F)(F)F. The second kappa shape index (κ2) is 8.41. The molecule has 0 saturated carbocycles. The number of hydrogen-bond acceptors (Lipinski definition) is 5. The molecule has 1 aliphatic rings. The smallest absolute Gasteiger partial charge is 0.475 e. The first-order valence-electron chi connectivity index (χ1n) is 7.38. The molecular formula is C16H17F3N2O3S. The van der Waals surface area contributed by atoms with Gasteiger partial charge in [-0.1, -0.05) is 30.3 Å². The number of carbonyl (C=O) groups is 1. The van der Waals surface area contributed by atoms with Gasteiger partial charge in [0, 0.05) is 17.5 Å². The fourth-order valence-electron chi connectivity index (χ4n) is 2.15. The third-order valence-electron chi connectivity index (χ3n) is 3.52. The van der Waals surface area contributed by atoms with E-state index in [0.717, 1.165) is 30.5 Å². The molecule has 0 aliphatic carbocycles. The van der Waals surface area contributed by atoms with Crippen LogP contribution in [-0.4, -0.2) is 53.9 Å². The number of benzene rings is 1. The highest BCUT2D eigenvalue weighted by Crippen LogP contribution is 2.29. The van der Waals surface area contributed by atoms with Crippen LogP contribution in [0, 0.1) is 0 Å². The zero-order valence-electron chi connectivity index (χ0n) is 13.4. The summed E-state index contributed by atoms with van der Waals surface area (Å²) in [5.74, 6) is -2.76. The molecule has 1 fully saturated rings. The zero-order chi connectivity index (χ0) is 18.4. The van der Waals surface area contributed by atoms with E-state index in [1.807, 2.05) is 18.2 Å². The number of carboxylic acid groups (broad SMARTS) is 1. The van der Waals surface area contributed by atoms with Gasteiger partial charge in [0.1, 0.15) is 5.01 Å². The zero-order valence-corrected chi connectivity index (χ0v) is 14.2. The van der Waals surface area contributed by atoms with Crippen molar-refractivity contribution in [3.63, 3.8) is 0 Å². The Kier molecular flexibility index (Phi) is 6.51. The van der Waals surface area contributed by atoms with E-state index in [1.165, 1.54) is 5.56 Å². The number of likely N-dealkylation sites (N-methyl/N-ethyl adjacent to an activating group) is 1. The average molecular weight is 374 g/mol. The molecular weight excluding hydrogens is 357 g/mol. The first-order chi connectivity index (χ1) is 11.8. The van der Waals surface area contributed by atoms with Crippen LogP contribution in [0.4, 0.5) is 13.2 Å². The van der Waals surface area contributed by atoms with Gasteiger partial charge in [-0.25, -0.2) is 9.78 Å². The first-order valence-corrected chi connectivity index (χ1v) is 8.26. The van der Waals surface area contributed by atoms with Gasteiger partial charge in [-0.05, 0) is 7.05 Å². The monoisotopic (exact) mass is 374 g/mol. The molecule has 0 radical (unpaired) electrons. The van der Waals surface area contributed by atoms with Crippen molar-refractivity contribution in [2.75, 3.05) is 26.8 Å². The van der Waals surface area contributed by atoms with Crippen molar-refractivity contribution in [1.82, 2.24) is 9.88 Å². The van der Waals surface area contributed by atoms with E-state index in [4.69, 9.17) is 19.6 Å². The predicted octanol–water partition coefficient (Wildman–Crippen LogP) is 3.45. The second-order valence-electron chi connectivity index (χ2n) is 5.32. The highest BCUT2D eigenvalue weighted by atomic mass is 32.1. The van der Waals surface area contributed by atoms with E-state index in [1.54, 1.807) is 11.3 Å². The highest BCUT2D eigenvalue weighted by molar-refractivity contribution is 7.13. The van der Waals surface area contributed by atoms with Crippen molar-refractivity contribution in [2.45, 2.75) is 12.2 Å². The van der Waals surface area contributed by atoms with Crippen LogP contribution in [0.15, 0.2) is 35.7 Å². The Hall–Kier alpha value is -1.97. The maximum atomic E-state index is 10.6. The second-order valence-corrected chi connectivity index (χ2v) is 6.18. The molecule has 2 heterocycles. The number of aliphatic carboxylic acids is 1. The van der Waals surface area contributed by atoms with Crippen LogP contribution >= 0.6 is 11.3 Å². The number of nitrogens with zero attached hydrogens (tertiary/aromatic N) is 2. The lowest BCUT2D eigenvalue weighted by molar-refractivity contribution is -0.192. The Bertz CT molecular complexity index is 691. The van der Waals surface area contributed by atoms with Crippen LogP contribution in [0.25, 0.3) is 10.6 Å². The van der Waals surface area contributed by atoms with E-state index < -0.39 is 12.1 Å². The number of thiazole rings is 1. The number of aromatic nitrogens is 1. The predicted molar refractivity (Wildman–Crippen MR) is 87.4 cm³/mol. The third kappa shape index (κ3) is 5.52. The molecule has 136 valence electrons. The molecule has 1 aliphatic heterocycles. The molecule has 9 heteroatoms. The molecule has 25 heavy (non-hydrogen) atoms. The van der Waals surface area contributed by atoms with Gasteiger partial charge < -0.3 is 9.84 Å². The van der Waals surface area contributed by atoms with Gasteiger partial charge in [-0.2, -0.15) is 13.2 Å².